The third-order valence-corrected chi connectivity index (χ3v) is 3.06. The van der Waals surface area contributed by atoms with Crippen LogP contribution in [0.2, 0.25) is 0 Å². The molecule has 1 atom stereocenters. The van der Waals surface area contributed by atoms with Gasteiger partial charge in [-0.15, -0.1) is 0 Å². The lowest BCUT2D eigenvalue weighted by molar-refractivity contribution is 0.0929. The van der Waals surface area contributed by atoms with Crippen molar-refractivity contribution in [3.63, 3.8) is 0 Å². The molecule has 1 aromatic rings. The van der Waals surface area contributed by atoms with Gasteiger partial charge in [0.25, 0.3) is 5.91 Å². The van der Waals surface area contributed by atoms with Crippen LogP contribution >= 0.6 is 0 Å². The van der Waals surface area contributed by atoms with E-state index in [4.69, 9.17) is 0 Å². The van der Waals surface area contributed by atoms with Gasteiger partial charge in [-0.3, -0.25) is 9.48 Å². The summed E-state index contributed by atoms with van der Waals surface area (Å²) in [5.41, 5.74) is 0.515. The Morgan fingerprint density at radius 3 is 2.69 bits per heavy atom. The second-order valence-corrected chi connectivity index (χ2v) is 4.87. The topological polar surface area (TPSA) is 46.9 Å². The van der Waals surface area contributed by atoms with Gasteiger partial charge in [0, 0.05) is 18.3 Å². The first-order chi connectivity index (χ1) is 7.58. The highest BCUT2D eigenvalue weighted by atomic mass is 16.2. The van der Waals surface area contributed by atoms with Crippen molar-refractivity contribution in [2.45, 2.75) is 45.7 Å². The molecule has 2 rings (SSSR count). The minimum Gasteiger partial charge on any atom is -0.348 e. The summed E-state index contributed by atoms with van der Waals surface area (Å²) in [6.45, 7) is 6.15. The number of hydrogen-bond donors (Lipinski definition) is 1. The van der Waals surface area contributed by atoms with E-state index in [1.807, 2.05) is 20.0 Å². The smallest absolute Gasteiger partial charge is 0.271 e. The van der Waals surface area contributed by atoms with Crippen molar-refractivity contribution in [3.8, 4) is 0 Å². The molecule has 1 saturated carbocycles. The molecule has 1 aromatic heterocycles. The number of nitrogens with one attached hydrogen (secondary N) is 1. The molecule has 88 valence electrons. The van der Waals surface area contributed by atoms with E-state index in [0.717, 1.165) is 0 Å². The number of carbonyl (C=O) groups is 1. The molecule has 4 nitrogen and oxygen atoms in total. The Morgan fingerprint density at radius 2 is 2.19 bits per heavy atom. The normalized spacial score (nSPS) is 17.5. The molecule has 1 aliphatic carbocycles. The highest BCUT2D eigenvalue weighted by molar-refractivity contribution is 5.92. The lowest BCUT2D eigenvalue weighted by Crippen LogP contribution is -2.34. The molecule has 0 aromatic carbocycles. The Hall–Kier alpha value is -1.32. The average molecular weight is 221 g/mol. The van der Waals surface area contributed by atoms with E-state index in [1.54, 1.807) is 10.7 Å². The summed E-state index contributed by atoms with van der Waals surface area (Å²) < 4.78 is 1.80. The minimum absolute atomic E-state index is 0.0567. The Labute approximate surface area is 96.0 Å². The third-order valence-electron chi connectivity index (χ3n) is 3.06. The summed E-state index contributed by atoms with van der Waals surface area (Å²) in [7, 11) is 0. The van der Waals surface area contributed by atoms with Crippen LogP contribution in [-0.4, -0.2) is 21.7 Å². The van der Waals surface area contributed by atoms with Crippen molar-refractivity contribution in [2.75, 3.05) is 0 Å². The standard InChI is InChI=1S/C12H19N3O/c1-8(2)15-7-6-11(14-15)12(16)13-9(3)10-4-5-10/h6-10H,4-5H2,1-3H3,(H,13,16)/t9-/m1/s1. The van der Waals surface area contributed by atoms with Crippen molar-refractivity contribution in [1.29, 1.82) is 0 Å². The van der Waals surface area contributed by atoms with Crippen LogP contribution in [-0.2, 0) is 0 Å². The Morgan fingerprint density at radius 1 is 1.50 bits per heavy atom. The van der Waals surface area contributed by atoms with Crippen molar-refractivity contribution in [1.82, 2.24) is 15.1 Å². The summed E-state index contributed by atoms with van der Waals surface area (Å²) >= 11 is 0. The fraction of sp³-hybridized carbons (Fsp3) is 0.667. The molecule has 1 aliphatic rings. The summed E-state index contributed by atoms with van der Waals surface area (Å²) in [5, 5.41) is 7.24. The van der Waals surface area contributed by atoms with Crippen LogP contribution in [0.15, 0.2) is 12.3 Å². The zero-order valence-electron chi connectivity index (χ0n) is 10.1. The van der Waals surface area contributed by atoms with Crippen molar-refractivity contribution in [3.05, 3.63) is 18.0 Å². The first-order valence-electron chi connectivity index (χ1n) is 5.94. The first-order valence-corrected chi connectivity index (χ1v) is 5.94. The van der Waals surface area contributed by atoms with Gasteiger partial charge in [0.2, 0.25) is 0 Å². The highest BCUT2D eigenvalue weighted by Crippen LogP contribution is 2.32. The molecule has 0 bridgehead atoms. The quantitative estimate of drug-likeness (QED) is 0.845. The fourth-order valence-corrected chi connectivity index (χ4v) is 1.74. The SMILES string of the molecule is CC(C)n1ccc(C(=O)N[C@H](C)C2CC2)n1. The predicted molar refractivity (Wildman–Crippen MR) is 62.3 cm³/mol. The molecule has 0 radical (unpaired) electrons. The van der Waals surface area contributed by atoms with Gasteiger partial charge in [-0.25, -0.2) is 0 Å². The van der Waals surface area contributed by atoms with E-state index in [0.29, 0.717) is 17.7 Å². The van der Waals surface area contributed by atoms with Gasteiger partial charge in [0.05, 0.1) is 0 Å². The van der Waals surface area contributed by atoms with E-state index in [2.05, 4.69) is 17.3 Å². The van der Waals surface area contributed by atoms with Crippen LogP contribution in [0.4, 0.5) is 0 Å². The van der Waals surface area contributed by atoms with Gasteiger partial charge >= 0.3 is 0 Å². The molecular formula is C12H19N3O. The molecular weight excluding hydrogens is 202 g/mol. The highest BCUT2D eigenvalue weighted by Gasteiger charge is 2.29. The van der Waals surface area contributed by atoms with Gasteiger partial charge in [0.15, 0.2) is 0 Å². The van der Waals surface area contributed by atoms with E-state index in [9.17, 15) is 4.79 Å². The van der Waals surface area contributed by atoms with Gasteiger partial charge in [-0.05, 0) is 45.6 Å². The van der Waals surface area contributed by atoms with Crippen LogP contribution in [0.1, 0.15) is 50.1 Å². The van der Waals surface area contributed by atoms with Crippen molar-refractivity contribution < 1.29 is 4.79 Å². The van der Waals surface area contributed by atoms with Crippen LogP contribution < -0.4 is 5.32 Å². The molecule has 0 saturated heterocycles. The average Bonchev–Trinajstić information content (AvgIpc) is 2.95. The Balaban J connectivity index is 1.97. The maximum atomic E-state index is 11.8. The van der Waals surface area contributed by atoms with Crippen LogP contribution in [0, 0.1) is 5.92 Å². The van der Waals surface area contributed by atoms with Gasteiger partial charge in [0.1, 0.15) is 5.69 Å². The van der Waals surface area contributed by atoms with Crippen molar-refractivity contribution >= 4 is 5.91 Å². The third kappa shape index (κ3) is 2.43. The van der Waals surface area contributed by atoms with Crippen LogP contribution in [0.5, 0.6) is 0 Å². The largest absolute Gasteiger partial charge is 0.348 e. The maximum Gasteiger partial charge on any atom is 0.271 e. The van der Waals surface area contributed by atoms with E-state index in [1.165, 1.54) is 12.8 Å². The molecule has 1 fully saturated rings. The number of carbonyl (C=O) groups excluding carboxylic acids is 1. The number of amides is 1. The molecule has 1 amide bonds. The summed E-state index contributed by atoms with van der Waals surface area (Å²) in [6, 6.07) is 2.34. The number of aromatic nitrogens is 2. The number of nitrogens with zero attached hydrogens (tertiary/aromatic N) is 2. The second-order valence-electron chi connectivity index (χ2n) is 4.87. The first kappa shape index (κ1) is 11.2. The molecule has 4 heteroatoms. The maximum absolute atomic E-state index is 11.8. The Bertz CT molecular complexity index is 379. The van der Waals surface area contributed by atoms with Crippen LogP contribution in [0.3, 0.4) is 0 Å². The number of hydrogen-bond acceptors (Lipinski definition) is 2. The van der Waals surface area contributed by atoms with Gasteiger partial charge < -0.3 is 5.32 Å². The van der Waals surface area contributed by atoms with Crippen molar-refractivity contribution in [2.24, 2.45) is 5.92 Å². The molecule has 1 N–H and O–H groups in total. The zero-order chi connectivity index (χ0) is 11.7. The molecule has 16 heavy (non-hydrogen) atoms. The summed E-state index contributed by atoms with van der Waals surface area (Å²) in [4.78, 5) is 11.8. The fourth-order valence-electron chi connectivity index (χ4n) is 1.74. The summed E-state index contributed by atoms with van der Waals surface area (Å²) in [6.07, 6.45) is 4.32. The molecule has 1 heterocycles. The molecule has 0 aliphatic heterocycles. The predicted octanol–water partition coefficient (Wildman–Crippen LogP) is 1.99. The lowest BCUT2D eigenvalue weighted by atomic mass is 10.2. The summed E-state index contributed by atoms with van der Waals surface area (Å²) in [5.74, 6) is 0.620. The van der Waals surface area contributed by atoms with E-state index in [-0.39, 0.29) is 11.9 Å². The number of rotatable bonds is 4. The minimum atomic E-state index is -0.0567. The zero-order valence-corrected chi connectivity index (χ0v) is 10.1. The molecule has 0 spiro atoms. The van der Waals surface area contributed by atoms with Gasteiger partial charge in [-0.1, -0.05) is 0 Å². The van der Waals surface area contributed by atoms with Gasteiger partial charge in [-0.2, -0.15) is 5.10 Å². The lowest BCUT2D eigenvalue weighted by Gasteiger charge is -2.11. The van der Waals surface area contributed by atoms with Crippen LogP contribution in [0.25, 0.3) is 0 Å². The second kappa shape index (κ2) is 4.28. The molecule has 0 unspecified atom stereocenters. The monoisotopic (exact) mass is 221 g/mol. The van der Waals surface area contributed by atoms with E-state index < -0.39 is 0 Å². The van der Waals surface area contributed by atoms with E-state index >= 15 is 0 Å². The Kier molecular flexibility index (Phi) is 2.99.